The van der Waals surface area contributed by atoms with Crippen molar-refractivity contribution in [1.29, 1.82) is 0 Å². The Morgan fingerprint density at radius 3 is 2.00 bits per heavy atom. The number of fused-ring (bicyclic) bond motifs is 4. The van der Waals surface area contributed by atoms with Crippen molar-refractivity contribution in [3.63, 3.8) is 0 Å². The zero-order valence-corrected chi connectivity index (χ0v) is 22.7. The number of hydrogen-bond acceptors (Lipinski definition) is 11. The highest BCUT2D eigenvalue weighted by atomic mass is 16.6. The minimum absolute atomic E-state index is 0.0759. The van der Waals surface area contributed by atoms with Crippen LogP contribution in [0.25, 0.3) is 0 Å². The van der Waals surface area contributed by atoms with Gasteiger partial charge in [-0.1, -0.05) is 19.7 Å². The molecular weight excluding hydrogens is 512 g/mol. The number of esters is 5. The maximum Gasteiger partial charge on any atom is 0.344 e. The molecule has 2 saturated carbocycles. The van der Waals surface area contributed by atoms with E-state index in [0.29, 0.717) is 25.2 Å². The average Bonchev–Trinajstić information content (AvgIpc) is 3.39. The van der Waals surface area contributed by atoms with Gasteiger partial charge in [0, 0.05) is 24.0 Å². The Bertz CT molecular complexity index is 1060. The second-order valence-corrected chi connectivity index (χ2v) is 10.7. The first-order valence-electron chi connectivity index (χ1n) is 12.9. The number of rotatable bonds is 8. The van der Waals surface area contributed by atoms with Crippen LogP contribution in [0, 0.1) is 11.8 Å². The monoisotopic (exact) mass is 548 g/mol. The summed E-state index contributed by atoms with van der Waals surface area (Å²) in [6.45, 7) is 14.7. The van der Waals surface area contributed by atoms with Crippen LogP contribution in [0.4, 0.5) is 0 Å². The lowest BCUT2D eigenvalue weighted by atomic mass is 9.79. The van der Waals surface area contributed by atoms with Crippen LogP contribution in [0.5, 0.6) is 0 Å². The first-order chi connectivity index (χ1) is 18.3. The van der Waals surface area contributed by atoms with E-state index in [1.54, 1.807) is 6.92 Å². The summed E-state index contributed by atoms with van der Waals surface area (Å²) in [7, 11) is 0. The Morgan fingerprint density at radius 2 is 1.44 bits per heavy atom. The summed E-state index contributed by atoms with van der Waals surface area (Å²) in [4.78, 5) is 57.0. The van der Waals surface area contributed by atoms with Gasteiger partial charge in [-0.15, -0.1) is 0 Å². The van der Waals surface area contributed by atoms with E-state index in [2.05, 4.69) is 24.5 Å². The SMILES string of the molecule is C=C(C)C(=O)OCC(=O)OC1(C)CCC2CC1OC2=O.C=CC(=O)OCC(=O)OC1(C)CCC2CC1OC2=C. The highest BCUT2D eigenvalue weighted by Crippen LogP contribution is 2.46. The van der Waals surface area contributed by atoms with E-state index in [4.69, 9.17) is 23.7 Å². The maximum atomic E-state index is 11.7. The predicted molar refractivity (Wildman–Crippen MR) is 134 cm³/mol. The molecule has 2 heterocycles. The van der Waals surface area contributed by atoms with E-state index < -0.39 is 54.4 Å². The number of ether oxygens (including phenoxy) is 6. The first kappa shape index (κ1) is 29.9. The molecule has 0 amide bonds. The van der Waals surface area contributed by atoms with Crippen molar-refractivity contribution in [2.75, 3.05) is 13.2 Å². The Labute approximate surface area is 227 Å². The van der Waals surface area contributed by atoms with Crippen molar-refractivity contribution in [3.05, 3.63) is 37.1 Å². The molecule has 2 saturated heterocycles. The maximum absolute atomic E-state index is 11.7. The van der Waals surface area contributed by atoms with Gasteiger partial charge in [0.15, 0.2) is 13.2 Å². The Balaban J connectivity index is 0.000000216. The molecular formula is C28H36O11. The van der Waals surface area contributed by atoms with E-state index in [1.165, 1.54) is 6.92 Å². The molecule has 2 aliphatic carbocycles. The molecule has 0 radical (unpaired) electrons. The normalized spacial score (nSPS) is 31.9. The molecule has 0 spiro atoms. The minimum Gasteiger partial charge on any atom is -0.491 e. The molecule has 4 aliphatic rings. The molecule has 0 aromatic heterocycles. The fraction of sp³-hybridized carbons (Fsp3) is 0.607. The summed E-state index contributed by atoms with van der Waals surface area (Å²) in [6.07, 6.45) is 4.67. The third kappa shape index (κ3) is 7.27. The summed E-state index contributed by atoms with van der Waals surface area (Å²) >= 11 is 0. The summed E-state index contributed by atoms with van der Waals surface area (Å²) in [6, 6.07) is 0. The van der Waals surface area contributed by atoms with Gasteiger partial charge in [-0.3, -0.25) is 4.79 Å². The molecule has 2 aliphatic heterocycles. The summed E-state index contributed by atoms with van der Waals surface area (Å²) in [5.41, 5.74) is -1.29. The lowest BCUT2D eigenvalue weighted by Gasteiger charge is -2.36. The highest BCUT2D eigenvalue weighted by Gasteiger charge is 2.52. The van der Waals surface area contributed by atoms with E-state index >= 15 is 0 Å². The van der Waals surface area contributed by atoms with Crippen molar-refractivity contribution >= 4 is 29.8 Å². The number of hydrogen-bond donors (Lipinski definition) is 0. The number of allylic oxidation sites excluding steroid dienone is 1. The zero-order valence-electron chi connectivity index (χ0n) is 22.7. The largest absolute Gasteiger partial charge is 0.491 e. The zero-order chi connectivity index (χ0) is 29.0. The van der Waals surface area contributed by atoms with Crippen molar-refractivity contribution in [1.82, 2.24) is 0 Å². The molecule has 11 nitrogen and oxygen atoms in total. The molecule has 0 aromatic carbocycles. The quantitative estimate of drug-likeness (QED) is 0.251. The van der Waals surface area contributed by atoms with E-state index in [0.717, 1.165) is 31.1 Å². The van der Waals surface area contributed by atoms with E-state index in [9.17, 15) is 24.0 Å². The van der Waals surface area contributed by atoms with Crippen molar-refractivity contribution in [2.24, 2.45) is 11.8 Å². The van der Waals surface area contributed by atoms with Crippen LogP contribution < -0.4 is 0 Å². The van der Waals surface area contributed by atoms with Crippen LogP contribution in [0.15, 0.2) is 37.1 Å². The number of carbonyl (C=O) groups excluding carboxylic acids is 5. The third-order valence-electron chi connectivity index (χ3n) is 7.54. The van der Waals surface area contributed by atoms with Gasteiger partial charge in [-0.2, -0.15) is 0 Å². The van der Waals surface area contributed by atoms with Crippen LogP contribution in [-0.4, -0.2) is 66.5 Å². The molecule has 4 rings (SSSR count). The Kier molecular flexibility index (Phi) is 9.24. The second-order valence-electron chi connectivity index (χ2n) is 10.7. The van der Waals surface area contributed by atoms with Gasteiger partial charge in [0.2, 0.25) is 0 Å². The van der Waals surface area contributed by atoms with Crippen LogP contribution in [-0.2, 0) is 52.4 Å². The fourth-order valence-electron chi connectivity index (χ4n) is 5.11. The fourth-order valence-corrected chi connectivity index (χ4v) is 5.11. The van der Waals surface area contributed by atoms with Crippen LogP contribution >= 0.6 is 0 Å². The predicted octanol–water partition coefficient (Wildman–Crippen LogP) is 2.86. The Hall–Kier alpha value is -3.63. The van der Waals surface area contributed by atoms with Gasteiger partial charge in [-0.05, 0) is 52.9 Å². The summed E-state index contributed by atoms with van der Waals surface area (Å²) < 4.78 is 31.1. The third-order valence-corrected chi connectivity index (χ3v) is 7.54. The summed E-state index contributed by atoms with van der Waals surface area (Å²) in [5, 5.41) is 0. The molecule has 6 unspecified atom stereocenters. The van der Waals surface area contributed by atoms with Gasteiger partial charge in [0.25, 0.3) is 0 Å². The smallest absolute Gasteiger partial charge is 0.344 e. The van der Waals surface area contributed by atoms with Crippen LogP contribution in [0.1, 0.15) is 59.3 Å². The topological polar surface area (TPSA) is 141 Å². The van der Waals surface area contributed by atoms with Gasteiger partial charge in [0.1, 0.15) is 23.4 Å². The van der Waals surface area contributed by atoms with Gasteiger partial charge < -0.3 is 28.4 Å². The standard InChI is InChI=1S/C14H18O6.C14H18O5/c1-8(2)12(16)18-7-11(15)20-14(3)5-4-9-6-10(14)19-13(9)17;1-4-12(15)17-8-13(16)19-14(3)6-5-10-7-11(14)18-9(10)2/h9-10H,1,4-7H2,2-3H3;4,10-11H,1-2,5-8H2,3H3. The summed E-state index contributed by atoms with van der Waals surface area (Å²) in [5.74, 6) is -1.64. The van der Waals surface area contributed by atoms with E-state index in [1.807, 2.05) is 6.92 Å². The van der Waals surface area contributed by atoms with Crippen LogP contribution in [0.3, 0.4) is 0 Å². The average molecular weight is 549 g/mol. The molecule has 4 fully saturated rings. The molecule has 214 valence electrons. The van der Waals surface area contributed by atoms with E-state index in [-0.39, 0.29) is 23.6 Å². The van der Waals surface area contributed by atoms with Gasteiger partial charge in [-0.25, -0.2) is 19.2 Å². The van der Waals surface area contributed by atoms with Gasteiger partial charge >= 0.3 is 29.8 Å². The minimum atomic E-state index is -0.838. The number of carbonyl (C=O) groups is 5. The lowest BCUT2D eigenvalue weighted by molar-refractivity contribution is -0.182. The molecule has 39 heavy (non-hydrogen) atoms. The van der Waals surface area contributed by atoms with Crippen molar-refractivity contribution in [2.45, 2.75) is 82.7 Å². The highest BCUT2D eigenvalue weighted by molar-refractivity contribution is 5.88. The molecule has 0 N–H and O–H groups in total. The van der Waals surface area contributed by atoms with Crippen LogP contribution in [0.2, 0.25) is 0 Å². The molecule has 6 atom stereocenters. The van der Waals surface area contributed by atoms with Crippen molar-refractivity contribution < 1.29 is 52.4 Å². The van der Waals surface area contributed by atoms with Crippen molar-refractivity contribution in [3.8, 4) is 0 Å². The molecule has 4 bridgehead atoms. The van der Waals surface area contributed by atoms with Gasteiger partial charge in [0.05, 0.1) is 11.7 Å². The molecule has 11 heteroatoms. The Morgan fingerprint density at radius 1 is 0.923 bits per heavy atom. The lowest BCUT2D eigenvalue weighted by Crippen LogP contribution is -2.46. The second kappa shape index (κ2) is 12.0. The first-order valence-corrected chi connectivity index (χ1v) is 12.9. The molecule has 0 aromatic rings.